The van der Waals surface area contributed by atoms with Crippen molar-refractivity contribution in [2.75, 3.05) is 13.2 Å². The Morgan fingerprint density at radius 2 is 1.79 bits per heavy atom. The van der Waals surface area contributed by atoms with Gasteiger partial charge in [0.2, 0.25) is 0 Å². The molecule has 160 valence electrons. The summed E-state index contributed by atoms with van der Waals surface area (Å²) in [5, 5.41) is 9.25. The standard InChI is InChI=1S/C19H32N2O7/c1-19(2,3)28-18(23)20-15-10-8-9-14(15)13-16(20)17(22)26-11-6-4-5-7-12-27-21(24)25/h14-16H,4-13H2,1-3H3/t14-,15-,16?/m0/s1. The average molecular weight is 400 g/mol. The normalized spacial score (nSPS) is 24.0. The van der Waals surface area contributed by atoms with Gasteiger partial charge in [-0.15, -0.1) is 10.1 Å². The maximum absolute atomic E-state index is 12.7. The molecule has 0 aromatic carbocycles. The van der Waals surface area contributed by atoms with Gasteiger partial charge in [0.05, 0.1) is 13.2 Å². The first-order chi connectivity index (χ1) is 13.2. The predicted octanol–water partition coefficient (Wildman–Crippen LogP) is 3.48. The number of esters is 1. The lowest BCUT2D eigenvalue weighted by atomic mass is 10.0. The molecule has 28 heavy (non-hydrogen) atoms. The van der Waals surface area contributed by atoms with Crippen molar-refractivity contribution in [1.29, 1.82) is 0 Å². The van der Waals surface area contributed by atoms with Gasteiger partial charge in [-0.3, -0.25) is 4.90 Å². The predicted molar refractivity (Wildman–Crippen MR) is 100.0 cm³/mol. The maximum atomic E-state index is 12.7. The fourth-order valence-electron chi connectivity index (χ4n) is 4.04. The van der Waals surface area contributed by atoms with Crippen molar-refractivity contribution in [2.24, 2.45) is 5.92 Å². The Kier molecular flexibility index (Phi) is 7.88. The van der Waals surface area contributed by atoms with E-state index in [9.17, 15) is 19.7 Å². The van der Waals surface area contributed by atoms with Crippen LogP contribution in [0, 0.1) is 16.0 Å². The number of nitrogens with zero attached hydrogens (tertiary/aromatic N) is 2. The minimum Gasteiger partial charge on any atom is -0.464 e. The topological polar surface area (TPSA) is 108 Å². The van der Waals surface area contributed by atoms with Crippen LogP contribution in [0.5, 0.6) is 0 Å². The molecule has 9 heteroatoms. The minimum absolute atomic E-state index is 0.0639. The minimum atomic E-state index is -0.796. The fourth-order valence-corrected chi connectivity index (χ4v) is 4.04. The molecule has 0 aromatic heterocycles. The zero-order chi connectivity index (χ0) is 20.7. The van der Waals surface area contributed by atoms with Crippen LogP contribution in [0.3, 0.4) is 0 Å². The number of hydrogen-bond donors (Lipinski definition) is 0. The Morgan fingerprint density at radius 1 is 1.11 bits per heavy atom. The summed E-state index contributed by atoms with van der Waals surface area (Å²) < 4.78 is 10.9. The molecule has 1 aliphatic heterocycles. The zero-order valence-electron chi connectivity index (χ0n) is 17.1. The van der Waals surface area contributed by atoms with Crippen LogP contribution in [0.1, 0.15) is 72.1 Å². The van der Waals surface area contributed by atoms with Crippen LogP contribution in [0.25, 0.3) is 0 Å². The van der Waals surface area contributed by atoms with Gasteiger partial charge < -0.3 is 14.3 Å². The number of fused-ring (bicyclic) bond motifs is 1. The molecular weight excluding hydrogens is 368 g/mol. The molecular formula is C19H32N2O7. The van der Waals surface area contributed by atoms with Crippen LogP contribution in [0.4, 0.5) is 4.79 Å². The summed E-state index contributed by atoms with van der Waals surface area (Å²) in [6, 6.07) is -0.507. The molecule has 2 fully saturated rings. The monoisotopic (exact) mass is 400 g/mol. The molecule has 9 nitrogen and oxygen atoms in total. The van der Waals surface area contributed by atoms with Crippen molar-refractivity contribution in [1.82, 2.24) is 4.90 Å². The Hall–Kier alpha value is -2.06. The quantitative estimate of drug-likeness (QED) is 0.252. The third-order valence-corrected chi connectivity index (χ3v) is 5.19. The van der Waals surface area contributed by atoms with Gasteiger partial charge in [0.25, 0.3) is 5.09 Å². The first kappa shape index (κ1) is 22.2. The smallest absolute Gasteiger partial charge is 0.411 e. The van der Waals surface area contributed by atoms with Gasteiger partial charge in [-0.05, 0) is 65.2 Å². The van der Waals surface area contributed by atoms with Crippen molar-refractivity contribution in [3.63, 3.8) is 0 Å². The third kappa shape index (κ3) is 6.53. The number of unbranched alkanes of at least 4 members (excludes halogenated alkanes) is 3. The van der Waals surface area contributed by atoms with Crippen LogP contribution >= 0.6 is 0 Å². The second-order valence-corrected chi connectivity index (χ2v) is 8.54. The highest BCUT2D eigenvalue weighted by molar-refractivity contribution is 5.82. The Balaban J connectivity index is 1.77. The lowest BCUT2D eigenvalue weighted by Gasteiger charge is -2.31. The summed E-state index contributed by atoms with van der Waals surface area (Å²) in [6.45, 7) is 5.82. The van der Waals surface area contributed by atoms with Crippen molar-refractivity contribution in [2.45, 2.75) is 89.8 Å². The first-order valence-corrected chi connectivity index (χ1v) is 10.1. The van der Waals surface area contributed by atoms with Crippen molar-refractivity contribution in [3.8, 4) is 0 Å². The van der Waals surface area contributed by atoms with Crippen molar-refractivity contribution < 1.29 is 29.0 Å². The molecule has 1 amide bonds. The molecule has 1 heterocycles. The van der Waals surface area contributed by atoms with E-state index in [0.717, 1.165) is 32.1 Å². The second kappa shape index (κ2) is 9.93. The number of amides is 1. The number of rotatable bonds is 9. The first-order valence-electron chi connectivity index (χ1n) is 10.1. The Morgan fingerprint density at radius 3 is 2.43 bits per heavy atom. The van der Waals surface area contributed by atoms with E-state index < -0.39 is 22.8 Å². The lowest BCUT2D eigenvalue weighted by molar-refractivity contribution is -0.757. The molecule has 0 bridgehead atoms. The van der Waals surface area contributed by atoms with Crippen LogP contribution in [0.15, 0.2) is 0 Å². The van der Waals surface area contributed by atoms with E-state index in [0.29, 0.717) is 25.2 Å². The number of carbonyl (C=O) groups is 2. The lowest BCUT2D eigenvalue weighted by Crippen LogP contribution is -2.47. The van der Waals surface area contributed by atoms with Crippen LogP contribution in [-0.4, -0.2) is 52.9 Å². The summed E-state index contributed by atoms with van der Waals surface area (Å²) in [6.07, 6.45) is 6.03. The SMILES string of the molecule is CC(C)(C)OC(=O)N1C(C(=O)OCCCCCCO[N+](=O)[O-])C[C@@H]2CCC[C@@H]21. The number of likely N-dealkylation sites (tertiary alicyclic amines) is 1. The Bertz CT molecular complexity index is 561. The molecule has 3 atom stereocenters. The van der Waals surface area contributed by atoms with E-state index in [1.54, 1.807) is 4.90 Å². The molecule has 0 aromatic rings. The number of ether oxygens (including phenoxy) is 2. The molecule has 1 unspecified atom stereocenters. The van der Waals surface area contributed by atoms with Crippen molar-refractivity contribution in [3.05, 3.63) is 10.1 Å². The van der Waals surface area contributed by atoms with Gasteiger partial charge in [-0.2, -0.15) is 0 Å². The molecule has 1 aliphatic carbocycles. The average Bonchev–Trinajstić information content (AvgIpc) is 3.15. The van der Waals surface area contributed by atoms with Gasteiger partial charge >= 0.3 is 12.1 Å². The number of carbonyl (C=O) groups excluding carboxylic acids is 2. The van der Waals surface area contributed by atoms with Gasteiger partial charge in [0, 0.05) is 6.04 Å². The van der Waals surface area contributed by atoms with Crippen LogP contribution in [0.2, 0.25) is 0 Å². The van der Waals surface area contributed by atoms with Crippen LogP contribution < -0.4 is 0 Å². The molecule has 0 spiro atoms. The van der Waals surface area contributed by atoms with E-state index in [2.05, 4.69) is 4.84 Å². The molecule has 1 saturated carbocycles. The van der Waals surface area contributed by atoms with Gasteiger partial charge in [0.1, 0.15) is 11.6 Å². The van der Waals surface area contributed by atoms with Gasteiger partial charge in [-0.1, -0.05) is 12.8 Å². The largest absolute Gasteiger partial charge is 0.464 e. The summed E-state index contributed by atoms with van der Waals surface area (Å²) in [5.41, 5.74) is -0.610. The summed E-state index contributed by atoms with van der Waals surface area (Å²) >= 11 is 0. The van der Waals surface area contributed by atoms with Gasteiger partial charge in [0.15, 0.2) is 0 Å². The molecule has 2 rings (SSSR count). The van der Waals surface area contributed by atoms with E-state index in [1.165, 1.54) is 0 Å². The van der Waals surface area contributed by atoms with Crippen molar-refractivity contribution >= 4 is 12.1 Å². The molecule has 2 aliphatic rings. The second-order valence-electron chi connectivity index (χ2n) is 8.54. The molecule has 0 N–H and O–H groups in total. The maximum Gasteiger partial charge on any atom is 0.411 e. The van der Waals surface area contributed by atoms with Gasteiger partial charge in [-0.25, -0.2) is 9.59 Å². The fraction of sp³-hybridized carbons (Fsp3) is 0.895. The summed E-state index contributed by atoms with van der Waals surface area (Å²) in [4.78, 5) is 41.2. The van der Waals surface area contributed by atoms with E-state index >= 15 is 0 Å². The third-order valence-electron chi connectivity index (χ3n) is 5.19. The molecule has 0 radical (unpaired) electrons. The summed E-state index contributed by atoms with van der Waals surface area (Å²) in [5.74, 6) is -0.0244. The highest BCUT2D eigenvalue weighted by Gasteiger charge is 2.50. The summed E-state index contributed by atoms with van der Waals surface area (Å²) in [7, 11) is 0. The van der Waals surface area contributed by atoms with E-state index in [4.69, 9.17) is 9.47 Å². The van der Waals surface area contributed by atoms with E-state index in [1.807, 2.05) is 20.8 Å². The highest BCUT2D eigenvalue weighted by atomic mass is 16.9. The molecule has 1 saturated heterocycles. The van der Waals surface area contributed by atoms with Crippen LogP contribution in [-0.2, 0) is 19.1 Å². The number of hydrogen-bond acceptors (Lipinski definition) is 7. The zero-order valence-corrected chi connectivity index (χ0v) is 17.1. The highest BCUT2D eigenvalue weighted by Crippen LogP contribution is 2.42. The van der Waals surface area contributed by atoms with E-state index in [-0.39, 0.29) is 25.2 Å². The Labute approximate surface area is 165 Å².